The summed E-state index contributed by atoms with van der Waals surface area (Å²) in [4.78, 5) is 0. The summed E-state index contributed by atoms with van der Waals surface area (Å²) >= 11 is 0. The van der Waals surface area contributed by atoms with E-state index in [1.807, 2.05) is 13.0 Å². The number of rotatable bonds is 9. The third kappa shape index (κ3) is 6.69. The SMILES string of the molecule is CCCNCc1ccc(OCCC)c(OCC)c1.Cl. The van der Waals surface area contributed by atoms with E-state index in [-0.39, 0.29) is 12.4 Å². The van der Waals surface area contributed by atoms with Crippen LogP contribution in [0.3, 0.4) is 0 Å². The van der Waals surface area contributed by atoms with Gasteiger partial charge in [-0.15, -0.1) is 12.4 Å². The number of nitrogens with one attached hydrogen (secondary N) is 1. The molecule has 0 bridgehead atoms. The highest BCUT2D eigenvalue weighted by Crippen LogP contribution is 2.28. The van der Waals surface area contributed by atoms with E-state index in [0.29, 0.717) is 6.61 Å². The van der Waals surface area contributed by atoms with Crippen LogP contribution in [-0.4, -0.2) is 19.8 Å². The lowest BCUT2D eigenvalue weighted by Crippen LogP contribution is -2.13. The fraction of sp³-hybridized carbons (Fsp3) is 0.600. The Labute approximate surface area is 123 Å². The summed E-state index contributed by atoms with van der Waals surface area (Å²) in [6.07, 6.45) is 2.15. The molecule has 0 saturated carbocycles. The highest BCUT2D eigenvalue weighted by molar-refractivity contribution is 5.85. The Morgan fingerprint density at radius 3 is 2.42 bits per heavy atom. The van der Waals surface area contributed by atoms with Gasteiger partial charge in [-0.2, -0.15) is 0 Å². The molecule has 0 amide bonds. The van der Waals surface area contributed by atoms with Gasteiger partial charge in [0.25, 0.3) is 0 Å². The van der Waals surface area contributed by atoms with Gasteiger partial charge >= 0.3 is 0 Å². The first-order valence-electron chi connectivity index (χ1n) is 6.91. The van der Waals surface area contributed by atoms with Gasteiger partial charge in [0.2, 0.25) is 0 Å². The Hall–Kier alpha value is -0.930. The van der Waals surface area contributed by atoms with Gasteiger partial charge in [0, 0.05) is 6.54 Å². The molecule has 0 aliphatic carbocycles. The summed E-state index contributed by atoms with van der Waals surface area (Å²) in [5.74, 6) is 1.69. The maximum absolute atomic E-state index is 5.67. The van der Waals surface area contributed by atoms with Gasteiger partial charge in [-0.3, -0.25) is 0 Å². The molecule has 0 aliphatic rings. The molecular weight excluding hydrogens is 262 g/mol. The lowest BCUT2D eigenvalue weighted by atomic mass is 10.2. The van der Waals surface area contributed by atoms with Crippen LogP contribution in [-0.2, 0) is 6.54 Å². The first kappa shape index (κ1) is 18.1. The lowest BCUT2D eigenvalue weighted by molar-refractivity contribution is 0.276. The van der Waals surface area contributed by atoms with Crippen LogP contribution in [0.4, 0.5) is 0 Å². The van der Waals surface area contributed by atoms with E-state index in [1.165, 1.54) is 5.56 Å². The summed E-state index contributed by atoms with van der Waals surface area (Å²) in [5.41, 5.74) is 1.23. The van der Waals surface area contributed by atoms with Crippen molar-refractivity contribution in [3.63, 3.8) is 0 Å². The number of halogens is 1. The monoisotopic (exact) mass is 287 g/mol. The third-order valence-corrected chi connectivity index (χ3v) is 2.53. The molecule has 0 fully saturated rings. The van der Waals surface area contributed by atoms with E-state index in [9.17, 15) is 0 Å². The van der Waals surface area contributed by atoms with Crippen molar-refractivity contribution in [2.75, 3.05) is 19.8 Å². The Bertz CT molecular complexity index is 345. The quantitative estimate of drug-likeness (QED) is 0.701. The molecule has 0 saturated heterocycles. The number of benzene rings is 1. The van der Waals surface area contributed by atoms with Gasteiger partial charge in [-0.05, 0) is 44.0 Å². The minimum atomic E-state index is 0. The lowest BCUT2D eigenvalue weighted by Gasteiger charge is -2.13. The molecule has 1 rings (SSSR count). The predicted octanol–water partition coefficient (Wildman–Crippen LogP) is 3.80. The highest BCUT2D eigenvalue weighted by atomic mass is 35.5. The zero-order chi connectivity index (χ0) is 13.2. The van der Waals surface area contributed by atoms with Crippen LogP contribution >= 0.6 is 12.4 Å². The van der Waals surface area contributed by atoms with E-state index in [4.69, 9.17) is 9.47 Å². The number of hydrogen-bond acceptors (Lipinski definition) is 3. The van der Waals surface area contributed by atoms with E-state index >= 15 is 0 Å². The largest absolute Gasteiger partial charge is 0.490 e. The Balaban J connectivity index is 0.00000324. The second-order valence-electron chi connectivity index (χ2n) is 4.24. The van der Waals surface area contributed by atoms with Gasteiger partial charge in [0.1, 0.15) is 0 Å². The van der Waals surface area contributed by atoms with Crippen LogP contribution < -0.4 is 14.8 Å². The third-order valence-electron chi connectivity index (χ3n) is 2.53. The molecule has 3 nitrogen and oxygen atoms in total. The second kappa shape index (κ2) is 10.9. The molecule has 0 radical (unpaired) electrons. The molecule has 0 atom stereocenters. The van der Waals surface area contributed by atoms with E-state index in [0.717, 1.165) is 44.0 Å². The average molecular weight is 288 g/mol. The zero-order valence-corrected chi connectivity index (χ0v) is 13.0. The van der Waals surface area contributed by atoms with Crippen molar-refractivity contribution < 1.29 is 9.47 Å². The maximum Gasteiger partial charge on any atom is 0.161 e. The van der Waals surface area contributed by atoms with E-state index in [2.05, 4.69) is 31.3 Å². The Morgan fingerprint density at radius 2 is 1.79 bits per heavy atom. The normalized spacial score (nSPS) is 9.84. The molecule has 1 aromatic carbocycles. The second-order valence-corrected chi connectivity index (χ2v) is 4.24. The molecule has 4 heteroatoms. The highest BCUT2D eigenvalue weighted by Gasteiger charge is 2.06. The molecule has 0 unspecified atom stereocenters. The van der Waals surface area contributed by atoms with Crippen LogP contribution in [0.1, 0.15) is 39.2 Å². The summed E-state index contributed by atoms with van der Waals surface area (Å²) in [7, 11) is 0. The molecule has 110 valence electrons. The van der Waals surface area contributed by atoms with Crippen LogP contribution in [0.5, 0.6) is 11.5 Å². The first-order valence-corrected chi connectivity index (χ1v) is 6.91. The van der Waals surface area contributed by atoms with Gasteiger partial charge in [-0.25, -0.2) is 0 Å². The van der Waals surface area contributed by atoms with Crippen LogP contribution in [0.25, 0.3) is 0 Å². The van der Waals surface area contributed by atoms with Gasteiger partial charge < -0.3 is 14.8 Å². The fourth-order valence-corrected chi connectivity index (χ4v) is 1.67. The van der Waals surface area contributed by atoms with Crippen LogP contribution in [0.2, 0.25) is 0 Å². The van der Waals surface area contributed by atoms with Crippen molar-refractivity contribution in [2.45, 2.75) is 40.2 Å². The fourth-order valence-electron chi connectivity index (χ4n) is 1.67. The van der Waals surface area contributed by atoms with Crippen molar-refractivity contribution in [1.29, 1.82) is 0 Å². The molecule has 19 heavy (non-hydrogen) atoms. The molecule has 1 aromatic rings. The van der Waals surface area contributed by atoms with Crippen molar-refractivity contribution in [1.82, 2.24) is 5.32 Å². The van der Waals surface area contributed by atoms with Crippen molar-refractivity contribution in [2.24, 2.45) is 0 Å². The number of hydrogen-bond donors (Lipinski definition) is 1. The molecule has 0 heterocycles. The van der Waals surface area contributed by atoms with E-state index < -0.39 is 0 Å². The zero-order valence-electron chi connectivity index (χ0n) is 12.2. The Kier molecular flexibility index (Phi) is 10.4. The van der Waals surface area contributed by atoms with Gasteiger partial charge in [0.05, 0.1) is 13.2 Å². The summed E-state index contributed by atoms with van der Waals surface area (Å²) in [6.45, 7) is 9.57. The van der Waals surface area contributed by atoms with Crippen molar-refractivity contribution in [3.8, 4) is 11.5 Å². The standard InChI is InChI=1S/C15H25NO2.ClH/c1-4-9-16-12-13-7-8-14(18-10-5-2)15(11-13)17-6-3;/h7-8,11,16H,4-6,9-10,12H2,1-3H3;1H. The van der Waals surface area contributed by atoms with Gasteiger partial charge in [0.15, 0.2) is 11.5 Å². The van der Waals surface area contributed by atoms with Crippen LogP contribution in [0.15, 0.2) is 18.2 Å². The van der Waals surface area contributed by atoms with Crippen LogP contribution in [0, 0.1) is 0 Å². The topological polar surface area (TPSA) is 30.5 Å². The molecule has 0 aromatic heterocycles. The first-order chi connectivity index (χ1) is 8.81. The van der Waals surface area contributed by atoms with Gasteiger partial charge in [-0.1, -0.05) is 19.9 Å². The minimum Gasteiger partial charge on any atom is -0.490 e. The van der Waals surface area contributed by atoms with E-state index in [1.54, 1.807) is 0 Å². The van der Waals surface area contributed by atoms with Crippen molar-refractivity contribution in [3.05, 3.63) is 23.8 Å². The Morgan fingerprint density at radius 1 is 1.00 bits per heavy atom. The average Bonchev–Trinajstić information content (AvgIpc) is 2.38. The molecule has 1 N–H and O–H groups in total. The summed E-state index contributed by atoms with van der Waals surface area (Å²) < 4.78 is 11.3. The molecule has 0 spiro atoms. The van der Waals surface area contributed by atoms with Crippen molar-refractivity contribution >= 4 is 12.4 Å². The minimum absolute atomic E-state index is 0. The predicted molar refractivity (Wildman–Crippen MR) is 82.6 cm³/mol. The molecule has 0 aliphatic heterocycles. The smallest absolute Gasteiger partial charge is 0.161 e. The summed E-state index contributed by atoms with van der Waals surface area (Å²) in [6, 6.07) is 6.16. The number of ether oxygens (including phenoxy) is 2. The molecular formula is C15H26ClNO2. The summed E-state index contributed by atoms with van der Waals surface area (Å²) in [5, 5.41) is 3.39. The maximum atomic E-state index is 5.67.